The second-order valence-electron chi connectivity index (χ2n) is 4.59. The Hall–Kier alpha value is -1.85. The smallest absolute Gasteiger partial charge is 0.323 e. The Bertz CT molecular complexity index is 434. The number of aryl methyl sites for hydroxylation is 1. The van der Waals surface area contributed by atoms with Crippen molar-refractivity contribution in [2.45, 2.75) is 26.8 Å². The van der Waals surface area contributed by atoms with Crippen molar-refractivity contribution < 1.29 is 9.90 Å². The van der Waals surface area contributed by atoms with Crippen LogP contribution in [-0.4, -0.2) is 47.7 Å². The Kier molecular flexibility index (Phi) is 4.47. The summed E-state index contributed by atoms with van der Waals surface area (Å²) in [5.74, 6) is 1.16. The van der Waals surface area contributed by atoms with Crippen LogP contribution >= 0.6 is 0 Å². The van der Waals surface area contributed by atoms with E-state index >= 15 is 0 Å². The van der Waals surface area contributed by atoms with Crippen molar-refractivity contribution in [3.8, 4) is 0 Å². The molecule has 1 rings (SSSR count). The fourth-order valence-electron chi connectivity index (χ4n) is 1.46. The molecular weight excluding hydrogens is 232 g/mol. The minimum Gasteiger partial charge on any atom is -0.480 e. The summed E-state index contributed by atoms with van der Waals surface area (Å²) in [7, 11) is 3.66. The summed E-state index contributed by atoms with van der Waals surface area (Å²) >= 11 is 0. The van der Waals surface area contributed by atoms with Gasteiger partial charge in [-0.3, -0.25) is 4.79 Å². The number of carbonyl (C=O) groups is 1. The highest BCUT2D eigenvalue weighted by Gasteiger charge is 2.13. The van der Waals surface area contributed by atoms with Gasteiger partial charge in [0.2, 0.25) is 0 Å². The van der Waals surface area contributed by atoms with Gasteiger partial charge in [-0.2, -0.15) is 0 Å². The molecule has 1 heterocycles. The van der Waals surface area contributed by atoms with Gasteiger partial charge in [-0.15, -0.1) is 0 Å². The van der Waals surface area contributed by atoms with Crippen LogP contribution in [0.2, 0.25) is 0 Å². The SMILES string of the molecule is Cc1nc(N(C)CC(=O)O)cc(N(C)C(C)C)n1. The fourth-order valence-corrected chi connectivity index (χ4v) is 1.46. The zero-order chi connectivity index (χ0) is 13.9. The van der Waals surface area contributed by atoms with Gasteiger partial charge in [0.05, 0.1) is 0 Å². The van der Waals surface area contributed by atoms with Crippen molar-refractivity contribution in [3.63, 3.8) is 0 Å². The highest BCUT2D eigenvalue weighted by Crippen LogP contribution is 2.18. The number of hydrogen-bond donors (Lipinski definition) is 1. The molecule has 0 aromatic carbocycles. The van der Waals surface area contributed by atoms with E-state index < -0.39 is 5.97 Å². The van der Waals surface area contributed by atoms with Crippen LogP contribution in [0.3, 0.4) is 0 Å². The largest absolute Gasteiger partial charge is 0.480 e. The summed E-state index contributed by atoms with van der Waals surface area (Å²) in [5.41, 5.74) is 0. The molecule has 0 saturated carbocycles. The quantitative estimate of drug-likeness (QED) is 0.847. The second-order valence-corrected chi connectivity index (χ2v) is 4.59. The predicted molar refractivity (Wildman–Crippen MR) is 71.2 cm³/mol. The Morgan fingerprint density at radius 1 is 1.33 bits per heavy atom. The summed E-state index contributed by atoms with van der Waals surface area (Å²) < 4.78 is 0. The number of rotatable bonds is 5. The van der Waals surface area contributed by atoms with Gasteiger partial charge in [-0.1, -0.05) is 0 Å². The third-order valence-electron chi connectivity index (χ3n) is 2.71. The minimum absolute atomic E-state index is 0.0821. The molecule has 6 heteroatoms. The van der Waals surface area contributed by atoms with Gasteiger partial charge < -0.3 is 14.9 Å². The maximum Gasteiger partial charge on any atom is 0.323 e. The third-order valence-corrected chi connectivity index (χ3v) is 2.71. The molecule has 6 nitrogen and oxygen atoms in total. The first kappa shape index (κ1) is 14.2. The second kappa shape index (κ2) is 5.66. The number of aromatic nitrogens is 2. The van der Waals surface area contributed by atoms with Gasteiger partial charge >= 0.3 is 5.97 Å². The zero-order valence-corrected chi connectivity index (χ0v) is 11.5. The lowest BCUT2D eigenvalue weighted by molar-refractivity contribution is -0.135. The van der Waals surface area contributed by atoms with Crippen LogP contribution in [0.15, 0.2) is 6.07 Å². The van der Waals surface area contributed by atoms with E-state index in [-0.39, 0.29) is 6.54 Å². The summed E-state index contributed by atoms with van der Waals surface area (Å²) in [4.78, 5) is 22.9. The molecule has 0 amide bonds. The van der Waals surface area contributed by atoms with Crippen molar-refractivity contribution in [3.05, 3.63) is 11.9 Å². The van der Waals surface area contributed by atoms with Crippen molar-refractivity contribution in [1.82, 2.24) is 9.97 Å². The van der Waals surface area contributed by atoms with Crippen molar-refractivity contribution in [2.24, 2.45) is 0 Å². The van der Waals surface area contributed by atoms with Crippen LogP contribution in [-0.2, 0) is 4.79 Å². The van der Waals surface area contributed by atoms with Crippen molar-refractivity contribution in [1.29, 1.82) is 0 Å². The average molecular weight is 252 g/mol. The molecule has 1 aromatic heterocycles. The van der Waals surface area contributed by atoms with Crippen LogP contribution in [0, 0.1) is 6.92 Å². The molecule has 1 aromatic rings. The number of carboxylic acids is 1. The lowest BCUT2D eigenvalue weighted by Crippen LogP contribution is -2.29. The van der Waals surface area contributed by atoms with E-state index in [9.17, 15) is 4.79 Å². The molecule has 0 bridgehead atoms. The number of likely N-dealkylation sites (N-methyl/N-ethyl adjacent to an activating group) is 1. The Labute approximate surface area is 107 Å². The summed E-state index contributed by atoms with van der Waals surface area (Å²) in [6.45, 7) is 5.85. The van der Waals surface area contributed by atoms with Crippen LogP contribution in [0.4, 0.5) is 11.6 Å². The Morgan fingerprint density at radius 3 is 2.39 bits per heavy atom. The monoisotopic (exact) mass is 252 g/mol. The molecule has 100 valence electrons. The third kappa shape index (κ3) is 3.58. The summed E-state index contributed by atoms with van der Waals surface area (Å²) in [6.07, 6.45) is 0. The fraction of sp³-hybridized carbons (Fsp3) is 0.583. The van der Waals surface area contributed by atoms with Gasteiger partial charge in [-0.05, 0) is 20.8 Å². The number of anilines is 2. The maximum absolute atomic E-state index is 10.7. The van der Waals surface area contributed by atoms with E-state index in [0.717, 1.165) is 5.82 Å². The molecule has 0 aliphatic carbocycles. The summed E-state index contributed by atoms with van der Waals surface area (Å²) in [5, 5.41) is 8.79. The van der Waals surface area contributed by atoms with Gasteiger partial charge in [0.1, 0.15) is 24.0 Å². The van der Waals surface area contributed by atoms with Crippen molar-refractivity contribution in [2.75, 3.05) is 30.4 Å². The van der Waals surface area contributed by atoms with E-state index in [2.05, 4.69) is 23.8 Å². The van der Waals surface area contributed by atoms with E-state index in [1.807, 2.05) is 11.9 Å². The number of aliphatic carboxylic acids is 1. The molecule has 0 unspecified atom stereocenters. The van der Waals surface area contributed by atoms with Crippen LogP contribution in [0.25, 0.3) is 0 Å². The van der Waals surface area contributed by atoms with E-state index in [4.69, 9.17) is 5.11 Å². The Morgan fingerprint density at radius 2 is 1.89 bits per heavy atom. The lowest BCUT2D eigenvalue weighted by atomic mass is 10.3. The first-order valence-corrected chi connectivity index (χ1v) is 5.82. The van der Waals surface area contributed by atoms with Crippen LogP contribution in [0.5, 0.6) is 0 Å². The minimum atomic E-state index is -0.882. The first-order valence-electron chi connectivity index (χ1n) is 5.82. The lowest BCUT2D eigenvalue weighted by Gasteiger charge is -2.24. The molecular formula is C12H20N4O2. The van der Waals surface area contributed by atoms with E-state index in [1.165, 1.54) is 0 Å². The number of nitrogens with zero attached hydrogens (tertiary/aromatic N) is 4. The topological polar surface area (TPSA) is 69.6 Å². The van der Waals surface area contributed by atoms with E-state index in [1.54, 1.807) is 24.9 Å². The molecule has 1 N–H and O–H groups in total. The molecule has 0 radical (unpaired) electrons. The maximum atomic E-state index is 10.7. The highest BCUT2D eigenvalue weighted by molar-refractivity contribution is 5.73. The molecule has 18 heavy (non-hydrogen) atoms. The number of hydrogen-bond acceptors (Lipinski definition) is 5. The molecule has 0 fully saturated rings. The normalized spacial score (nSPS) is 10.6. The first-order chi connectivity index (χ1) is 8.31. The van der Waals surface area contributed by atoms with Crippen LogP contribution < -0.4 is 9.80 Å². The zero-order valence-electron chi connectivity index (χ0n) is 11.5. The molecule has 0 aliphatic rings. The van der Waals surface area contributed by atoms with Gasteiger partial charge in [0.25, 0.3) is 0 Å². The Balaban J connectivity index is 3.04. The average Bonchev–Trinajstić information content (AvgIpc) is 2.26. The van der Waals surface area contributed by atoms with Crippen molar-refractivity contribution >= 4 is 17.6 Å². The van der Waals surface area contributed by atoms with Crippen LogP contribution in [0.1, 0.15) is 19.7 Å². The molecule has 0 saturated heterocycles. The highest BCUT2D eigenvalue weighted by atomic mass is 16.4. The standard InChI is InChI=1S/C12H20N4O2/c1-8(2)16(5)11-6-10(13-9(3)14-11)15(4)7-12(17)18/h6,8H,7H2,1-5H3,(H,17,18). The number of carboxylic acid groups (broad SMARTS) is 1. The van der Waals surface area contributed by atoms with E-state index in [0.29, 0.717) is 17.7 Å². The van der Waals surface area contributed by atoms with Gasteiger partial charge in [0, 0.05) is 26.2 Å². The molecule has 0 spiro atoms. The predicted octanol–water partition coefficient (Wildman–Crippen LogP) is 1.15. The molecule has 0 aliphatic heterocycles. The molecule has 0 atom stereocenters. The van der Waals surface area contributed by atoms with Gasteiger partial charge in [0.15, 0.2) is 0 Å². The summed E-state index contributed by atoms with van der Waals surface area (Å²) in [6, 6.07) is 2.12. The van der Waals surface area contributed by atoms with Gasteiger partial charge in [-0.25, -0.2) is 9.97 Å².